The fourth-order valence-corrected chi connectivity index (χ4v) is 4.49. The van der Waals surface area contributed by atoms with Gasteiger partial charge >= 0.3 is 0 Å². The molecule has 3 aliphatic rings. The molecule has 7 nitrogen and oxygen atoms in total. The highest BCUT2D eigenvalue weighted by molar-refractivity contribution is 6.31. The lowest BCUT2D eigenvalue weighted by Crippen LogP contribution is -2.59. The summed E-state index contributed by atoms with van der Waals surface area (Å²) >= 11 is 6.18. The lowest BCUT2D eigenvalue weighted by atomic mass is 10.00. The van der Waals surface area contributed by atoms with E-state index in [-0.39, 0.29) is 30.2 Å². The number of piperazine rings is 1. The van der Waals surface area contributed by atoms with Crippen LogP contribution in [0.25, 0.3) is 11.1 Å². The Labute approximate surface area is 184 Å². The van der Waals surface area contributed by atoms with Crippen molar-refractivity contribution in [3.8, 4) is 16.9 Å². The maximum absolute atomic E-state index is 13.4. The molecule has 1 unspecified atom stereocenters. The molecule has 0 radical (unpaired) electrons. The van der Waals surface area contributed by atoms with Crippen LogP contribution in [0.3, 0.4) is 0 Å². The molecule has 1 saturated heterocycles. The Morgan fingerprint density at radius 3 is 2.65 bits per heavy atom. The van der Waals surface area contributed by atoms with Crippen molar-refractivity contribution in [2.24, 2.45) is 5.92 Å². The third kappa shape index (κ3) is 3.53. The fraction of sp³-hybridized carbons (Fsp3) is 0.348. The SMILES string of the molecule is COc1ccc(Cl)cc1-c1ccc2c(c1)C(=O)N1CCN(C(=O)C3CC3)CC1C(=O)N2. The number of carbonyl (C=O) groups is 3. The van der Waals surface area contributed by atoms with Crippen molar-refractivity contribution < 1.29 is 19.1 Å². The molecule has 160 valence electrons. The Hall–Kier alpha value is -3.06. The normalized spacial score (nSPS) is 20.5. The number of benzene rings is 2. The molecule has 2 aromatic rings. The second-order valence-electron chi connectivity index (χ2n) is 8.17. The van der Waals surface area contributed by atoms with E-state index in [9.17, 15) is 14.4 Å². The Morgan fingerprint density at radius 2 is 1.90 bits per heavy atom. The lowest BCUT2D eigenvalue weighted by molar-refractivity contribution is -0.136. The number of ether oxygens (including phenoxy) is 1. The smallest absolute Gasteiger partial charge is 0.256 e. The Morgan fingerprint density at radius 1 is 1.10 bits per heavy atom. The zero-order chi connectivity index (χ0) is 21.7. The van der Waals surface area contributed by atoms with Crippen molar-refractivity contribution in [2.45, 2.75) is 18.9 Å². The quantitative estimate of drug-likeness (QED) is 0.797. The number of anilines is 1. The van der Waals surface area contributed by atoms with E-state index in [4.69, 9.17) is 16.3 Å². The zero-order valence-corrected chi connectivity index (χ0v) is 17.8. The number of methoxy groups -OCH3 is 1. The van der Waals surface area contributed by atoms with Gasteiger partial charge in [0.1, 0.15) is 11.8 Å². The number of hydrogen-bond donors (Lipinski definition) is 1. The first-order valence-electron chi connectivity index (χ1n) is 10.3. The highest BCUT2D eigenvalue weighted by atomic mass is 35.5. The number of fused-ring (bicyclic) bond motifs is 2. The van der Waals surface area contributed by atoms with Gasteiger partial charge in [-0.05, 0) is 48.7 Å². The van der Waals surface area contributed by atoms with Gasteiger partial charge in [-0.15, -0.1) is 0 Å². The molecule has 5 rings (SSSR count). The van der Waals surface area contributed by atoms with Crippen molar-refractivity contribution in [3.05, 3.63) is 47.0 Å². The number of halogens is 1. The van der Waals surface area contributed by atoms with Gasteiger partial charge in [0.2, 0.25) is 11.8 Å². The standard InChI is InChI=1S/C23H22ClN3O4/c1-31-20-7-5-15(24)11-16(20)14-4-6-18-17(10-14)23(30)27-9-8-26(22(29)13-2-3-13)12-19(27)21(28)25-18/h4-7,10-11,13,19H,2-3,8-9,12H2,1H3,(H,25,28). The number of rotatable bonds is 3. The number of amides is 3. The monoisotopic (exact) mass is 439 g/mol. The summed E-state index contributed by atoms with van der Waals surface area (Å²) < 4.78 is 5.45. The Balaban J connectivity index is 1.48. The molecule has 1 saturated carbocycles. The molecule has 2 aliphatic heterocycles. The van der Waals surface area contributed by atoms with Crippen LogP contribution in [0.1, 0.15) is 23.2 Å². The minimum Gasteiger partial charge on any atom is -0.496 e. The molecule has 2 fully saturated rings. The van der Waals surface area contributed by atoms with Crippen LogP contribution in [-0.4, -0.2) is 60.3 Å². The van der Waals surface area contributed by atoms with Crippen molar-refractivity contribution in [1.29, 1.82) is 0 Å². The second kappa shape index (κ2) is 7.57. The molecule has 0 bridgehead atoms. The van der Waals surface area contributed by atoms with Gasteiger partial charge in [0, 0.05) is 29.6 Å². The van der Waals surface area contributed by atoms with E-state index in [1.54, 1.807) is 47.2 Å². The summed E-state index contributed by atoms with van der Waals surface area (Å²) in [5, 5.41) is 3.44. The molecule has 2 heterocycles. The number of nitrogens with zero attached hydrogens (tertiary/aromatic N) is 2. The maximum atomic E-state index is 13.4. The van der Waals surface area contributed by atoms with Crippen molar-refractivity contribution in [3.63, 3.8) is 0 Å². The summed E-state index contributed by atoms with van der Waals surface area (Å²) in [7, 11) is 1.58. The van der Waals surface area contributed by atoms with Gasteiger partial charge in [0.05, 0.1) is 24.9 Å². The molecular weight excluding hydrogens is 418 g/mol. The molecule has 2 aromatic carbocycles. The summed E-state index contributed by atoms with van der Waals surface area (Å²) in [6.07, 6.45) is 1.83. The molecule has 8 heteroatoms. The lowest BCUT2D eigenvalue weighted by Gasteiger charge is -2.39. The third-order valence-corrected chi connectivity index (χ3v) is 6.40. The number of hydrogen-bond acceptors (Lipinski definition) is 4. The van der Waals surface area contributed by atoms with Gasteiger partial charge in [0.25, 0.3) is 5.91 Å². The second-order valence-corrected chi connectivity index (χ2v) is 8.60. The molecule has 3 amide bonds. The van der Waals surface area contributed by atoms with E-state index in [1.807, 2.05) is 6.07 Å². The third-order valence-electron chi connectivity index (χ3n) is 6.16. The van der Waals surface area contributed by atoms with Crippen LogP contribution in [0.15, 0.2) is 36.4 Å². The first-order valence-corrected chi connectivity index (χ1v) is 10.7. The molecule has 1 atom stereocenters. The molecule has 0 spiro atoms. The molecule has 1 N–H and O–H groups in total. The predicted molar refractivity (Wildman–Crippen MR) is 116 cm³/mol. The minimum atomic E-state index is -0.694. The highest BCUT2D eigenvalue weighted by Crippen LogP contribution is 2.36. The summed E-state index contributed by atoms with van der Waals surface area (Å²) in [5.74, 6) is 0.327. The van der Waals surface area contributed by atoms with Gasteiger partial charge in [-0.3, -0.25) is 14.4 Å². The van der Waals surface area contributed by atoms with Crippen LogP contribution in [0.2, 0.25) is 5.02 Å². The van der Waals surface area contributed by atoms with Gasteiger partial charge in [0.15, 0.2) is 0 Å². The van der Waals surface area contributed by atoms with Crippen LogP contribution in [0, 0.1) is 5.92 Å². The van der Waals surface area contributed by atoms with E-state index in [2.05, 4.69) is 5.32 Å². The van der Waals surface area contributed by atoms with Gasteiger partial charge in [-0.1, -0.05) is 17.7 Å². The largest absolute Gasteiger partial charge is 0.496 e. The van der Waals surface area contributed by atoms with Crippen LogP contribution in [-0.2, 0) is 9.59 Å². The van der Waals surface area contributed by atoms with Crippen molar-refractivity contribution in [2.75, 3.05) is 32.1 Å². The molecule has 1 aliphatic carbocycles. The topological polar surface area (TPSA) is 79.0 Å². The molecular formula is C23H22ClN3O4. The first-order chi connectivity index (χ1) is 15.0. The Kier molecular flexibility index (Phi) is 4.85. The van der Waals surface area contributed by atoms with E-state index >= 15 is 0 Å². The van der Waals surface area contributed by atoms with Crippen molar-refractivity contribution in [1.82, 2.24) is 9.80 Å². The number of nitrogens with one attached hydrogen (secondary N) is 1. The summed E-state index contributed by atoms with van der Waals surface area (Å²) in [4.78, 5) is 42.1. The minimum absolute atomic E-state index is 0.0866. The van der Waals surface area contributed by atoms with E-state index in [0.717, 1.165) is 24.0 Å². The van der Waals surface area contributed by atoms with E-state index in [1.165, 1.54) is 0 Å². The molecule has 0 aromatic heterocycles. The predicted octanol–water partition coefficient (Wildman–Crippen LogP) is 3.03. The Bertz CT molecular complexity index is 1100. The van der Waals surface area contributed by atoms with Crippen molar-refractivity contribution >= 4 is 35.0 Å². The molecule has 31 heavy (non-hydrogen) atoms. The van der Waals surface area contributed by atoms with Crippen LogP contribution in [0.4, 0.5) is 5.69 Å². The van der Waals surface area contributed by atoms with Crippen LogP contribution in [0.5, 0.6) is 5.75 Å². The maximum Gasteiger partial charge on any atom is 0.256 e. The van der Waals surface area contributed by atoms with Gasteiger partial charge in [-0.25, -0.2) is 0 Å². The van der Waals surface area contributed by atoms with Gasteiger partial charge < -0.3 is 19.9 Å². The van der Waals surface area contributed by atoms with Gasteiger partial charge in [-0.2, -0.15) is 0 Å². The first kappa shape index (κ1) is 19.9. The summed E-state index contributed by atoms with van der Waals surface area (Å²) in [5.41, 5.74) is 2.41. The van der Waals surface area contributed by atoms with Crippen LogP contribution < -0.4 is 10.1 Å². The summed E-state index contributed by atoms with van der Waals surface area (Å²) in [6.45, 7) is 1.01. The zero-order valence-electron chi connectivity index (χ0n) is 17.1. The number of carbonyl (C=O) groups excluding carboxylic acids is 3. The average molecular weight is 440 g/mol. The van der Waals surface area contributed by atoms with E-state index < -0.39 is 6.04 Å². The average Bonchev–Trinajstić information content (AvgIpc) is 3.63. The fourth-order valence-electron chi connectivity index (χ4n) is 4.31. The van der Waals surface area contributed by atoms with Crippen LogP contribution >= 0.6 is 11.6 Å². The highest BCUT2D eigenvalue weighted by Gasteiger charge is 2.43. The van der Waals surface area contributed by atoms with E-state index in [0.29, 0.717) is 35.1 Å². The summed E-state index contributed by atoms with van der Waals surface area (Å²) in [6, 6.07) is 9.93.